The molecule has 0 fully saturated rings. The summed E-state index contributed by atoms with van der Waals surface area (Å²) in [5.74, 6) is 1.87. The molecule has 18 heavy (non-hydrogen) atoms. The molecule has 0 aliphatic heterocycles. The highest BCUT2D eigenvalue weighted by molar-refractivity contribution is 5.44. The van der Waals surface area contributed by atoms with Crippen molar-refractivity contribution < 1.29 is 4.74 Å². The molecule has 0 spiro atoms. The van der Waals surface area contributed by atoms with Crippen LogP contribution in [0.4, 0.5) is 17.8 Å². The Kier molecular flexibility index (Phi) is 5.57. The summed E-state index contributed by atoms with van der Waals surface area (Å²) >= 11 is 0. The number of nitrogens with one attached hydrogen (secondary N) is 1. The van der Waals surface area contributed by atoms with E-state index in [1.807, 2.05) is 37.9 Å². The maximum atomic E-state index is 5.05. The summed E-state index contributed by atoms with van der Waals surface area (Å²) < 4.78 is 5.05. The number of aromatic nitrogens is 3. The Labute approximate surface area is 108 Å². The SMILES string of the molecule is CCNc1nc(N(C)C)nc(N(C)CCOC)n1. The van der Waals surface area contributed by atoms with Crippen molar-refractivity contribution in [3.63, 3.8) is 0 Å². The Bertz CT molecular complexity index is 371. The van der Waals surface area contributed by atoms with Crippen LogP contribution in [0.3, 0.4) is 0 Å². The van der Waals surface area contributed by atoms with Crippen LogP contribution >= 0.6 is 0 Å². The Morgan fingerprint density at radius 1 is 1.11 bits per heavy atom. The van der Waals surface area contributed by atoms with Crippen LogP contribution in [0.15, 0.2) is 0 Å². The van der Waals surface area contributed by atoms with E-state index in [1.165, 1.54) is 0 Å². The van der Waals surface area contributed by atoms with E-state index in [2.05, 4.69) is 20.3 Å². The Morgan fingerprint density at radius 3 is 2.33 bits per heavy atom. The maximum Gasteiger partial charge on any atom is 0.231 e. The first-order chi connectivity index (χ1) is 8.58. The van der Waals surface area contributed by atoms with Crippen LogP contribution in [0.1, 0.15) is 6.92 Å². The number of nitrogens with zero attached hydrogens (tertiary/aromatic N) is 5. The lowest BCUT2D eigenvalue weighted by Gasteiger charge is -2.19. The first-order valence-corrected chi connectivity index (χ1v) is 5.95. The summed E-state index contributed by atoms with van der Waals surface area (Å²) in [5.41, 5.74) is 0. The molecule has 0 unspecified atom stereocenters. The average molecular weight is 254 g/mol. The lowest BCUT2D eigenvalue weighted by Crippen LogP contribution is -2.26. The molecule has 0 aliphatic carbocycles. The highest BCUT2D eigenvalue weighted by Crippen LogP contribution is 2.13. The fraction of sp³-hybridized carbons (Fsp3) is 0.727. The molecule has 0 aromatic carbocycles. The van der Waals surface area contributed by atoms with Crippen molar-refractivity contribution in [3.8, 4) is 0 Å². The highest BCUT2D eigenvalue weighted by atomic mass is 16.5. The van der Waals surface area contributed by atoms with Gasteiger partial charge in [0.1, 0.15) is 0 Å². The molecule has 102 valence electrons. The Hall–Kier alpha value is -1.63. The van der Waals surface area contributed by atoms with Gasteiger partial charge in [0.15, 0.2) is 0 Å². The smallest absolute Gasteiger partial charge is 0.231 e. The van der Waals surface area contributed by atoms with Crippen LogP contribution in [-0.2, 0) is 4.74 Å². The van der Waals surface area contributed by atoms with E-state index >= 15 is 0 Å². The summed E-state index contributed by atoms with van der Waals surface area (Å²) in [6.45, 7) is 4.15. The number of anilines is 3. The third-order valence-electron chi connectivity index (χ3n) is 2.32. The Morgan fingerprint density at radius 2 is 1.78 bits per heavy atom. The molecule has 0 bridgehead atoms. The second-order valence-corrected chi connectivity index (χ2v) is 4.10. The Balaban J connectivity index is 2.94. The first kappa shape index (κ1) is 14.4. The van der Waals surface area contributed by atoms with Gasteiger partial charge in [-0.2, -0.15) is 15.0 Å². The standard InChI is InChI=1S/C11H22N6O/c1-6-12-9-13-10(16(2)3)15-11(14-9)17(4)7-8-18-5/h6-8H2,1-5H3,(H,12,13,14,15). The van der Waals surface area contributed by atoms with Crippen molar-refractivity contribution in [2.45, 2.75) is 6.92 Å². The third-order valence-corrected chi connectivity index (χ3v) is 2.32. The van der Waals surface area contributed by atoms with E-state index < -0.39 is 0 Å². The molecule has 7 heteroatoms. The number of hydrogen-bond donors (Lipinski definition) is 1. The average Bonchev–Trinajstić information content (AvgIpc) is 2.35. The predicted molar refractivity (Wildman–Crippen MR) is 73.5 cm³/mol. The number of likely N-dealkylation sites (N-methyl/N-ethyl adjacent to an activating group) is 1. The van der Waals surface area contributed by atoms with E-state index in [4.69, 9.17) is 4.74 Å². The van der Waals surface area contributed by atoms with Crippen LogP contribution in [0, 0.1) is 0 Å². The summed E-state index contributed by atoms with van der Waals surface area (Å²) in [7, 11) is 7.42. The van der Waals surface area contributed by atoms with E-state index in [-0.39, 0.29) is 0 Å². The zero-order valence-electron chi connectivity index (χ0n) is 11.8. The molecule has 7 nitrogen and oxygen atoms in total. The van der Waals surface area contributed by atoms with E-state index in [1.54, 1.807) is 7.11 Å². The van der Waals surface area contributed by atoms with Gasteiger partial charge in [-0.15, -0.1) is 0 Å². The summed E-state index contributed by atoms with van der Waals surface area (Å²) in [5, 5.41) is 3.11. The first-order valence-electron chi connectivity index (χ1n) is 5.95. The van der Waals surface area contributed by atoms with Gasteiger partial charge in [0.25, 0.3) is 0 Å². The van der Waals surface area contributed by atoms with Gasteiger partial charge < -0.3 is 19.9 Å². The maximum absolute atomic E-state index is 5.05. The van der Waals surface area contributed by atoms with Crippen molar-refractivity contribution in [2.24, 2.45) is 0 Å². The summed E-state index contributed by atoms with van der Waals surface area (Å²) in [6, 6.07) is 0. The number of rotatable bonds is 7. The molecule has 0 atom stereocenters. The van der Waals surface area contributed by atoms with E-state index in [9.17, 15) is 0 Å². The quantitative estimate of drug-likeness (QED) is 0.758. The largest absolute Gasteiger partial charge is 0.383 e. The van der Waals surface area contributed by atoms with Gasteiger partial charge in [-0.25, -0.2) is 0 Å². The second kappa shape index (κ2) is 6.95. The van der Waals surface area contributed by atoms with Gasteiger partial charge in [0.2, 0.25) is 17.8 Å². The topological polar surface area (TPSA) is 66.4 Å². The van der Waals surface area contributed by atoms with Crippen LogP contribution in [-0.4, -0.2) is 62.9 Å². The van der Waals surface area contributed by atoms with Crippen LogP contribution in [0.2, 0.25) is 0 Å². The minimum absolute atomic E-state index is 0.593. The normalized spacial score (nSPS) is 10.3. The van der Waals surface area contributed by atoms with Gasteiger partial charge in [0, 0.05) is 41.3 Å². The van der Waals surface area contributed by atoms with Gasteiger partial charge in [-0.3, -0.25) is 0 Å². The predicted octanol–water partition coefficient (Wildman–Crippen LogP) is 0.452. The summed E-state index contributed by atoms with van der Waals surface area (Å²) in [4.78, 5) is 16.9. The van der Waals surface area contributed by atoms with Crippen molar-refractivity contribution in [1.82, 2.24) is 15.0 Å². The monoisotopic (exact) mass is 254 g/mol. The van der Waals surface area contributed by atoms with Crippen molar-refractivity contribution in [2.75, 3.05) is 63.1 Å². The number of hydrogen-bond acceptors (Lipinski definition) is 7. The fourth-order valence-electron chi connectivity index (χ4n) is 1.29. The van der Waals surface area contributed by atoms with Crippen LogP contribution < -0.4 is 15.1 Å². The van der Waals surface area contributed by atoms with E-state index in [0.717, 1.165) is 13.1 Å². The van der Waals surface area contributed by atoms with Gasteiger partial charge in [0.05, 0.1) is 6.61 Å². The van der Waals surface area contributed by atoms with Crippen LogP contribution in [0.25, 0.3) is 0 Å². The molecule has 0 saturated carbocycles. The lowest BCUT2D eigenvalue weighted by atomic mass is 10.6. The minimum Gasteiger partial charge on any atom is -0.383 e. The number of methoxy groups -OCH3 is 1. The molecular weight excluding hydrogens is 232 g/mol. The van der Waals surface area contributed by atoms with E-state index in [0.29, 0.717) is 24.5 Å². The van der Waals surface area contributed by atoms with Crippen LogP contribution in [0.5, 0.6) is 0 Å². The van der Waals surface area contributed by atoms with Gasteiger partial charge >= 0.3 is 0 Å². The lowest BCUT2D eigenvalue weighted by molar-refractivity contribution is 0.206. The molecular formula is C11H22N6O. The van der Waals surface area contributed by atoms with Gasteiger partial charge in [-0.05, 0) is 6.92 Å². The molecule has 1 aromatic heterocycles. The van der Waals surface area contributed by atoms with Gasteiger partial charge in [-0.1, -0.05) is 0 Å². The molecule has 0 amide bonds. The zero-order valence-corrected chi connectivity index (χ0v) is 11.8. The van der Waals surface area contributed by atoms with Crippen molar-refractivity contribution in [1.29, 1.82) is 0 Å². The minimum atomic E-state index is 0.593. The summed E-state index contributed by atoms with van der Waals surface area (Å²) in [6.07, 6.45) is 0. The molecule has 1 rings (SSSR count). The molecule has 0 radical (unpaired) electrons. The molecule has 0 aliphatic rings. The molecule has 1 aromatic rings. The number of ether oxygens (including phenoxy) is 1. The van der Waals surface area contributed by atoms with Crippen molar-refractivity contribution >= 4 is 17.8 Å². The third kappa shape index (κ3) is 3.99. The molecule has 1 N–H and O–H groups in total. The van der Waals surface area contributed by atoms with Crippen molar-refractivity contribution in [3.05, 3.63) is 0 Å². The highest BCUT2D eigenvalue weighted by Gasteiger charge is 2.10. The molecule has 1 heterocycles. The zero-order chi connectivity index (χ0) is 13.5. The second-order valence-electron chi connectivity index (χ2n) is 4.10. The fourth-order valence-corrected chi connectivity index (χ4v) is 1.29. The molecule has 0 saturated heterocycles.